The number of aromatic nitrogens is 3. The van der Waals surface area contributed by atoms with E-state index in [0.29, 0.717) is 40.3 Å². The van der Waals surface area contributed by atoms with Crippen molar-refractivity contribution in [2.45, 2.75) is 102 Å². The summed E-state index contributed by atoms with van der Waals surface area (Å²) in [6.07, 6.45) is 5.89. The normalized spacial score (nSPS) is 22.9. The Bertz CT molecular complexity index is 2740. The largest absolute Gasteiger partial charge is 0.453 e. The second kappa shape index (κ2) is 15.7. The van der Waals surface area contributed by atoms with E-state index in [1.807, 2.05) is 62.9 Å². The predicted molar refractivity (Wildman–Crippen MR) is 240 cm³/mol. The fraction of sp³-hybridized carbons (Fsp3) is 0.460. The van der Waals surface area contributed by atoms with Crippen molar-refractivity contribution in [2.75, 3.05) is 20.8 Å². The minimum absolute atomic E-state index is 0.0133. The summed E-state index contributed by atoms with van der Waals surface area (Å²) in [5.74, 6) is -3.05. The number of amides is 4. The van der Waals surface area contributed by atoms with Crippen LogP contribution in [0.3, 0.4) is 0 Å². The lowest BCUT2D eigenvalue weighted by Crippen LogP contribution is -2.53. The van der Waals surface area contributed by atoms with Crippen molar-refractivity contribution >= 4 is 34.9 Å². The summed E-state index contributed by atoms with van der Waals surface area (Å²) in [6.45, 7) is 8.12. The second-order valence-electron chi connectivity index (χ2n) is 19.6. The molecule has 340 valence electrons. The minimum Gasteiger partial charge on any atom is -0.453 e. The van der Waals surface area contributed by atoms with Gasteiger partial charge in [0.25, 0.3) is 5.92 Å². The number of hydrogen-bond donors (Lipinski definition) is 4. The van der Waals surface area contributed by atoms with Crippen molar-refractivity contribution < 1.29 is 37.4 Å². The summed E-state index contributed by atoms with van der Waals surface area (Å²) in [5, 5.41) is 6.41. The Kier molecular flexibility index (Phi) is 10.3. The molecule has 1 spiro atoms. The van der Waals surface area contributed by atoms with E-state index >= 15 is 8.78 Å². The quantitative estimate of drug-likeness (QED) is 0.109. The van der Waals surface area contributed by atoms with Gasteiger partial charge in [-0.05, 0) is 114 Å². The number of carbonyl (C=O) groups is 4. The topological polar surface area (TPSA) is 162 Å². The van der Waals surface area contributed by atoms with Crippen LogP contribution in [-0.2, 0) is 25.0 Å². The van der Waals surface area contributed by atoms with Crippen molar-refractivity contribution in [3.05, 3.63) is 89.5 Å². The number of alkyl carbamates (subject to hydrolysis) is 2. The number of imidazole rings is 1. The first-order valence-electron chi connectivity index (χ1n) is 22.8. The van der Waals surface area contributed by atoms with E-state index in [9.17, 15) is 19.2 Å². The van der Waals surface area contributed by atoms with Gasteiger partial charge in [0, 0.05) is 40.5 Å². The van der Waals surface area contributed by atoms with E-state index in [1.165, 1.54) is 20.3 Å². The van der Waals surface area contributed by atoms with Crippen molar-refractivity contribution in [2.24, 2.45) is 23.2 Å². The number of aromatic amines is 2. The molecule has 2 bridgehead atoms. The summed E-state index contributed by atoms with van der Waals surface area (Å²) in [5.41, 5.74) is 5.14. The smallest absolute Gasteiger partial charge is 0.407 e. The number of ether oxygens (including phenoxy) is 2. The molecular formula is C50H55F2N7O6. The number of methoxy groups -OCH3 is 2. The molecule has 2 saturated heterocycles. The number of fused-ring (bicyclic) bond motifs is 6. The van der Waals surface area contributed by atoms with Crippen LogP contribution >= 0.6 is 0 Å². The first-order chi connectivity index (χ1) is 31.1. The maximum atomic E-state index is 16.7. The van der Waals surface area contributed by atoms with Crippen LogP contribution in [-0.4, -0.2) is 87.6 Å². The average molecular weight is 888 g/mol. The van der Waals surface area contributed by atoms with Crippen LogP contribution in [0.15, 0.2) is 66.9 Å². The molecule has 5 aromatic rings. The van der Waals surface area contributed by atoms with Crippen molar-refractivity contribution in [1.82, 2.24) is 35.4 Å². The number of nitrogens with one attached hydrogen (secondary N) is 4. The van der Waals surface area contributed by atoms with Crippen LogP contribution < -0.4 is 10.6 Å². The Morgan fingerprint density at radius 2 is 1.40 bits per heavy atom. The Morgan fingerprint density at radius 3 is 2.05 bits per heavy atom. The zero-order valence-electron chi connectivity index (χ0n) is 37.5. The van der Waals surface area contributed by atoms with Gasteiger partial charge in [-0.3, -0.25) is 9.59 Å². The number of rotatable bonds is 10. The average Bonchev–Trinajstić information content (AvgIpc) is 3.95. The molecule has 5 aliphatic rings. The van der Waals surface area contributed by atoms with Crippen LogP contribution in [0.5, 0.6) is 0 Å². The maximum Gasteiger partial charge on any atom is 0.407 e. The van der Waals surface area contributed by atoms with Gasteiger partial charge in [-0.25, -0.2) is 14.6 Å². The van der Waals surface area contributed by atoms with Crippen LogP contribution in [0.1, 0.15) is 101 Å². The highest BCUT2D eigenvalue weighted by Gasteiger charge is 2.55. The molecule has 13 nitrogen and oxygen atoms in total. The van der Waals surface area contributed by atoms with Gasteiger partial charge in [-0.1, -0.05) is 64.1 Å². The Balaban J connectivity index is 0.896. The SMILES string of the molecule is COC(=O)N[C@H](C(=O)N1CC2(CC2)C[C@H]1c1ncc(-c2ccc3c(c2)C(F)(F)c2cc(-c4ccc5cc([C@@H]6[C@H]7CC[C@H](C7)N6C(=O)[C@@H](NC(=O)OC)C(C)C)[nH]c5c4)ccc2-3)[nH]1)C(C)C. The van der Waals surface area contributed by atoms with Gasteiger partial charge in [-0.2, -0.15) is 8.78 Å². The van der Waals surface area contributed by atoms with Crippen LogP contribution in [0.2, 0.25) is 0 Å². The Labute approximate surface area is 376 Å². The van der Waals surface area contributed by atoms with Gasteiger partial charge in [-0.15, -0.1) is 0 Å². The molecule has 3 aliphatic carbocycles. The summed E-state index contributed by atoms with van der Waals surface area (Å²) in [7, 11) is 2.55. The molecule has 10 rings (SSSR count). The summed E-state index contributed by atoms with van der Waals surface area (Å²) >= 11 is 0. The van der Waals surface area contributed by atoms with Gasteiger partial charge in [0.15, 0.2) is 0 Å². The van der Waals surface area contributed by atoms with Crippen LogP contribution in [0, 0.1) is 23.2 Å². The van der Waals surface area contributed by atoms with Gasteiger partial charge >= 0.3 is 12.2 Å². The van der Waals surface area contributed by atoms with Crippen LogP contribution in [0.25, 0.3) is 44.4 Å². The molecule has 6 atom stereocenters. The summed E-state index contributed by atoms with van der Waals surface area (Å²) in [6, 6.07) is 16.4. The number of nitrogens with zero attached hydrogens (tertiary/aromatic N) is 3. The summed E-state index contributed by atoms with van der Waals surface area (Å²) < 4.78 is 43.0. The molecule has 2 aromatic heterocycles. The molecule has 0 radical (unpaired) electrons. The highest BCUT2D eigenvalue weighted by atomic mass is 19.3. The third-order valence-electron chi connectivity index (χ3n) is 14.9. The van der Waals surface area contributed by atoms with Crippen molar-refractivity contribution in [3.8, 4) is 33.5 Å². The van der Waals surface area contributed by atoms with Gasteiger partial charge in [0.2, 0.25) is 11.8 Å². The molecule has 65 heavy (non-hydrogen) atoms. The monoisotopic (exact) mass is 887 g/mol. The molecule has 15 heteroatoms. The standard InChI is InChI=1S/C50H55F2N7O6/c1-25(2)41(56-47(62)64-5)45(60)58-24-49(15-16-49)22-40(58)44-53-23-39(55-44)29-11-14-34-33-13-10-27(18-35(33)50(51,52)36(34)19-29)28-7-8-30-21-38(54-37(30)20-28)43-31-9-12-32(17-31)59(43)46(61)42(26(3)4)57-48(63)65-6/h7-8,10-11,13-14,18-21,23,25-26,31-32,40-43,54H,9,12,15-17,22,24H2,1-6H3,(H,53,55)(H,56,62)(H,57,63)/t31-,32+,40-,41-,42-,43-/m0/s1. The predicted octanol–water partition coefficient (Wildman–Crippen LogP) is 9.21. The number of hydrogen-bond acceptors (Lipinski definition) is 7. The van der Waals surface area contributed by atoms with E-state index in [4.69, 9.17) is 14.5 Å². The fourth-order valence-electron chi connectivity index (χ4n) is 11.2. The first-order valence-corrected chi connectivity index (χ1v) is 22.8. The van der Waals surface area contributed by atoms with Crippen LogP contribution in [0.4, 0.5) is 18.4 Å². The van der Waals surface area contributed by atoms with E-state index in [0.717, 1.165) is 60.7 Å². The number of H-pyrrole nitrogens is 2. The Morgan fingerprint density at radius 1 is 0.785 bits per heavy atom. The number of halogens is 2. The number of likely N-dealkylation sites (tertiary alicyclic amines) is 2. The highest BCUT2D eigenvalue weighted by molar-refractivity contribution is 5.90. The molecule has 2 saturated carbocycles. The second-order valence-corrected chi connectivity index (χ2v) is 19.6. The van der Waals surface area contributed by atoms with E-state index in [2.05, 4.69) is 26.7 Å². The van der Waals surface area contributed by atoms with E-state index in [-0.39, 0.29) is 64.2 Å². The van der Waals surface area contributed by atoms with E-state index in [1.54, 1.807) is 29.3 Å². The maximum absolute atomic E-state index is 16.7. The van der Waals surface area contributed by atoms with Crippen molar-refractivity contribution in [3.63, 3.8) is 0 Å². The molecule has 4 heterocycles. The Hall–Kier alpha value is -6.25. The highest BCUT2D eigenvalue weighted by Crippen LogP contribution is 2.59. The lowest BCUT2D eigenvalue weighted by Gasteiger charge is -2.38. The molecule has 0 unspecified atom stereocenters. The number of carbonyl (C=O) groups excluding carboxylic acids is 4. The molecule has 3 aromatic carbocycles. The first kappa shape index (κ1) is 42.7. The molecule has 4 amide bonds. The van der Waals surface area contributed by atoms with Gasteiger partial charge < -0.3 is 39.9 Å². The number of piperidine rings is 1. The fourth-order valence-corrected chi connectivity index (χ4v) is 11.2. The molecular weight excluding hydrogens is 833 g/mol. The van der Waals surface area contributed by atoms with E-state index < -0.39 is 30.2 Å². The third kappa shape index (κ3) is 7.21. The lowest BCUT2D eigenvalue weighted by atomic mass is 9.94. The molecule has 4 N–H and O–H groups in total. The number of alkyl halides is 2. The molecule has 2 aliphatic heterocycles. The zero-order valence-corrected chi connectivity index (χ0v) is 37.5. The third-order valence-corrected chi connectivity index (χ3v) is 14.9. The lowest BCUT2D eigenvalue weighted by molar-refractivity contribution is -0.139. The number of benzene rings is 3. The minimum atomic E-state index is -3.27. The van der Waals surface area contributed by atoms with Gasteiger partial charge in [0.05, 0.1) is 38.2 Å². The van der Waals surface area contributed by atoms with Crippen molar-refractivity contribution in [1.29, 1.82) is 0 Å². The summed E-state index contributed by atoms with van der Waals surface area (Å²) in [4.78, 5) is 67.9. The van der Waals surface area contributed by atoms with Gasteiger partial charge in [0.1, 0.15) is 17.9 Å². The zero-order chi connectivity index (χ0) is 45.7. The molecule has 4 fully saturated rings.